The molecule has 1 aliphatic rings. The van der Waals surface area contributed by atoms with Crippen molar-refractivity contribution in [3.8, 4) is 0 Å². The van der Waals surface area contributed by atoms with Crippen LogP contribution in [0.5, 0.6) is 0 Å². The predicted octanol–water partition coefficient (Wildman–Crippen LogP) is 4.94. The monoisotopic (exact) mass is 368 g/mol. The lowest BCUT2D eigenvalue weighted by molar-refractivity contribution is -0.113. The Morgan fingerprint density at radius 2 is 1.68 bits per heavy atom. The summed E-state index contributed by atoms with van der Waals surface area (Å²) in [5, 5.41) is 0. The summed E-state index contributed by atoms with van der Waals surface area (Å²) in [6.45, 7) is 6.25. The highest BCUT2D eigenvalue weighted by molar-refractivity contribution is 8.27. The van der Waals surface area contributed by atoms with Gasteiger partial charge in [-0.3, -0.25) is 9.69 Å². The molecule has 2 aromatic rings. The number of rotatable bonds is 5. The number of hydrogen-bond donors (Lipinski definition) is 0. The second-order valence-corrected chi connectivity index (χ2v) is 7.29. The van der Waals surface area contributed by atoms with E-state index in [1.165, 1.54) is 17.4 Å². The highest BCUT2D eigenvalue weighted by atomic mass is 32.2. The molecule has 0 unspecified atom stereocenters. The van der Waals surface area contributed by atoms with Crippen molar-refractivity contribution < 1.29 is 4.79 Å². The summed E-state index contributed by atoms with van der Waals surface area (Å²) in [6, 6.07) is 17.8. The predicted molar refractivity (Wildman–Crippen MR) is 112 cm³/mol. The summed E-state index contributed by atoms with van der Waals surface area (Å²) in [4.78, 5) is 17.3. The molecule has 3 nitrogen and oxygen atoms in total. The molecule has 1 amide bonds. The number of anilines is 2. The van der Waals surface area contributed by atoms with E-state index in [4.69, 9.17) is 12.2 Å². The average Bonchev–Trinajstić information content (AvgIpc) is 2.91. The topological polar surface area (TPSA) is 23.6 Å². The maximum Gasteiger partial charge on any atom is 0.270 e. The minimum Gasteiger partial charge on any atom is -0.372 e. The molecule has 2 aromatic carbocycles. The van der Waals surface area contributed by atoms with Gasteiger partial charge in [0.25, 0.3) is 5.91 Å². The van der Waals surface area contributed by atoms with E-state index in [0.29, 0.717) is 9.23 Å². The van der Waals surface area contributed by atoms with Gasteiger partial charge < -0.3 is 4.90 Å². The molecule has 5 heteroatoms. The second kappa shape index (κ2) is 7.85. The standard InChI is InChI=1S/C20H20N2OS2/c1-3-21(4-2)16-12-10-15(11-13-16)14-18-19(23)22(20(24)25-18)17-8-6-5-7-9-17/h5-14H,3-4H2,1-2H3. The first-order chi connectivity index (χ1) is 12.1. The van der Waals surface area contributed by atoms with E-state index in [1.807, 2.05) is 48.5 Å². The summed E-state index contributed by atoms with van der Waals surface area (Å²) < 4.78 is 0.571. The second-order valence-electron chi connectivity index (χ2n) is 5.62. The average molecular weight is 369 g/mol. The maximum atomic E-state index is 12.7. The van der Waals surface area contributed by atoms with Crippen molar-refractivity contribution in [1.82, 2.24) is 0 Å². The molecule has 1 aliphatic heterocycles. The molecule has 25 heavy (non-hydrogen) atoms. The summed E-state index contributed by atoms with van der Waals surface area (Å²) >= 11 is 6.75. The molecule has 0 spiro atoms. The zero-order chi connectivity index (χ0) is 17.8. The van der Waals surface area contributed by atoms with Gasteiger partial charge in [0, 0.05) is 18.8 Å². The van der Waals surface area contributed by atoms with E-state index in [1.54, 1.807) is 4.90 Å². The molecular formula is C20H20N2OS2. The van der Waals surface area contributed by atoms with Crippen molar-refractivity contribution in [3.63, 3.8) is 0 Å². The molecule has 0 radical (unpaired) electrons. The van der Waals surface area contributed by atoms with Crippen molar-refractivity contribution in [3.05, 3.63) is 65.1 Å². The van der Waals surface area contributed by atoms with Gasteiger partial charge in [-0.2, -0.15) is 0 Å². The van der Waals surface area contributed by atoms with Crippen LogP contribution < -0.4 is 9.80 Å². The molecule has 128 valence electrons. The first-order valence-corrected chi connectivity index (χ1v) is 9.54. The lowest BCUT2D eigenvalue weighted by Gasteiger charge is -2.20. The van der Waals surface area contributed by atoms with Gasteiger partial charge >= 0.3 is 0 Å². The number of thiocarbonyl (C=S) groups is 1. The summed E-state index contributed by atoms with van der Waals surface area (Å²) in [6.07, 6.45) is 1.91. The van der Waals surface area contributed by atoms with Crippen LogP contribution in [-0.2, 0) is 4.79 Å². The molecule has 0 bridgehead atoms. The van der Waals surface area contributed by atoms with Crippen LogP contribution in [0, 0.1) is 0 Å². The fraction of sp³-hybridized carbons (Fsp3) is 0.200. The quantitative estimate of drug-likeness (QED) is 0.551. The van der Waals surface area contributed by atoms with Crippen molar-refractivity contribution in [2.75, 3.05) is 22.9 Å². The Hall–Kier alpha value is -2.11. The Labute approximate surface area is 158 Å². The van der Waals surface area contributed by atoms with Crippen LogP contribution in [0.25, 0.3) is 6.08 Å². The molecule has 3 rings (SSSR count). The Balaban J connectivity index is 1.82. The molecule has 0 saturated carbocycles. The zero-order valence-corrected chi connectivity index (χ0v) is 15.9. The third-order valence-electron chi connectivity index (χ3n) is 4.13. The summed E-state index contributed by atoms with van der Waals surface area (Å²) in [5.41, 5.74) is 3.01. The smallest absolute Gasteiger partial charge is 0.270 e. The van der Waals surface area contributed by atoms with Crippen LogP contribution in [0.3, 0.4) is 0 Å². The van der Waals surface area contributed by atoms with Crippen LogP contribution in [-0.4, -0.2) is 23.3 Å². The molecule has 1 fully saturated rings. The van der Waals surface area contributed by atoms with Crippen LogP contribution in [0.1, 0.15) is 19.4 Å². The number of benzene rings is 2. The van der Waals surface area contributed by atoms with Gasteiger partial charge in [-0.25, -0.2) is 0 Å². The van der Waals surface area contributed by atoms with Gasteiger partial charge in [0.05, 0.1) is 10.6 Å². The number of thioether (sulfide) groups is 1. The summed E-state index contributed by atoms with van der Waals surface area (Å²) in [5.74, 6) is -0.0611. The van der Waals surface area contributed by atoms with Crippen LogP contribution >= 0.6 is 24.0 Å². The van der Waals surface area contributed by atoms with Crippen molar-refractivity contribution in [1.29, 1.82) is 0 Å². The fourth-order valence-corrected chi connectivity index (χ4v) is 4.09. The Kier molecular flexibility index (Phi) is 5.56. The van der Waals surface area contributed by atoms with Crippen LogP contribution in [0.15, 0.2) is 59.5 Å². The van der Waals surface area contributed by atoms with Crippen LogP contribution in [0.4, 0.5) is 11.4 Å². The van der Waals surface area contributed by atoms with Crippen molar-refractivity contribution in [2.24, 2.45) is 0 Å². The minimum absolute atomic E-state index is 0.0611. The number of hydrogen-bond acceptors (Lipinski definition) is 4. The van der Waals surface area contributed by atoms with E-state index in [2.05, 4.69) is 30.9 Å². The highest BCUT2D eigenvalue weighted by Gasteiger charge is 2.33. The van der Waals surface area contributed by atoms with Gasteiger partial charge in [-0.05, 0) is 49.8 Å². The van der Waals surface area contributed by atoms with Gasteiger partial charge in [0.15, 0.2) is 4.32 Å². The number of carbonyl (C=O) groups excluding carboxylic acids is 1. The summed E-state index contributed by atoms with van der Waals surface area (Å²) in [7, 11) is 0. The molecular weight excluding hydrogens is 348 g/mol. The third-order valence-corrected chi connectivity index (χ3v) is 5.43. The number of nitrogens with zero attached hydrogens (tertiary/aromatic N) is 2. The van der Waals surface area contributed by atoms with Gasteiger partial charge in [0.1, 0.15) is 0 Å². The molecule has 1 saturated heterocycles. The van der Waals surface area contributed by atoms with Crippen molar-refractivity contribution in [2.45, 2.75) is 13.8 Å². The molecule has 0 N–H and O–H groups in total. The molecule has 0 atom stereocenters. The number of carbonyl (C=O) groups is 1. The lowest BCUT2D eigenvalue weighted by Crippen LogP contribution is -2.27. The Morgan fingerprint density at radius 3 is 2.28 bits per heavy atom. The normalized spacial score (nSPS) is 15.9. The lowest BCUT2D eigenvalue weighted by atomic mass is 10.1. The first kappa shape index (κ1) is 17.7. The Morgan fingerprint density at radius 1 is 1.04 bits per heavy atom. The zero-order valence-electron chi connectivity index (χ0n) is 14.3. The van der Waals surface area contributed by atoms with E-state index >= 15 is 0 Å². The van der Waals surface area contributed by atoms with E-state index in [-0.39, 0.29) is 5.91 Å². The van der Waals surface area contributed by atoms with E-state index < -0.39 is 0 Å². The Bertz CT molecular complexity index is 796. The van der Waals surface area contributed by atoms with Gasteiger partial charge in [-0.15, -0.1) is 0 Å². The van der Waals surface area contributed by atoms with Gasteiger partial charge in [-0.1, -0.05) is 54.3 Å². The SMILES string of the molecule is CCN(CC)c1ccc(C=C2SC(=S)N(c3ccccc3)C2=O)cc1. The van der Waals surface area contributed by atoms with Gasteiger partial charge in [0.2, 0.25) is 0 Å². The van der Waals surface area contributed by atoms with E-state index in [9.17, 15) is 4.79 Å². The first-order valence-electron chi connectivity index (χ1n) is 8.32. The molecule has 0 aromatic heterocycles. The van der Waals surface area contributed by atoms with Crippen molar-refractivity contribution >= 4 is 51.7 Å². The fourth-order valence-electron chi connectivity index (χ4n) is 2.79. The van der Waals surface area contributed by atoms with E-state index in [0.717, 1.165) is 24.3 Å². The number of amides is 1. The molecule has 0 aliphatic carbocycles. The highest BCUT2D eigenvalue weighted by Crippen LogP contribution is 2.36. The maximum absolute atomic E-state index is 12.7. The third kappa shape index (κ3) is 3.78. The minimum atomic E-state index is -0.0611. The largest absolute Gasteiger partial charge is 0.372 e. The number of para-hydroxylation sites is 1. The molecule has 1 heterocycles. The van der Waals surface area contributed by atoms with Crippen LogP contribution in [0.2, 0.25) is 0 Å².